The number of thiazole rings is 1. The van der Waals surface area contributed by atoms with Crippen LogP contribution in [0.1, 0.15) is 37.0 Å². The maximum absolute atomic E-state index is 12.9. The van der Waals surface area contributed by atoms with E-state index >= 15 is 0 Å². The Balaban J connectivity index is 1.27. The second kappa shape index (κ2) is 9.97. The van der Waals surface area contributed by atoms with Crippen molar-refractivity contribution in [1.29, 1.82) is 0 Å². The van der Waals surface area contributed by atoms with Gasteiger partial charge in [0, 0.05) is 54.7 Å². The number of anilines is 2. The molecule has 1 amide bonds. The zero-order chi connectivity index (χ0) is 24.4. The lowest BCUT2D eigenvalue weighted by molar-refractivity contribution is 0.0810. The van der Waals surface area contributed by atoms with Gasteiger partial charge in [-0.25, -0.2) is 15.0 Å². The Morgan fingerprint density at radius 1 is 1.09 bits per heavy atom. The molecule has 0 atom stereocenters. The van der Waals surface area contributed by atoms with Gasteiger partial charge in [0.2, 0.25) is 5.88 Å². The molecule has 0 aliphatic carbocycles. The molecule has 0 radical (unpaired) electrons. The fraction of sp³-hybridized carbons (Fsp3) is 0.308. The van der Waals surface area contributed by atoms with E-state index in [9.17, 15) is 4.79 Å². The Hall–Kier alpha value is -3.56. The van der Waals surface area contributed by atoms with Crippen molar-refractivity contribution in [2.24, 2.45) is 0 Å². The van der Waals surface area contributed by atoms with Gasteiger partial charge >= 0.3 is 0 Å². The Kier molecular flexibility index (Phi) is 6.61. The molecule has 1 aliphatic heterocycles. The molecule has 0 spiro atoms. The Morgan fingerprint density at radius 3 is 2.66 bits per heavy atom. The summed E-state index contributed by atoms with van der Waals surface area (Å²) >= 11 is 1.44. The number of benzene rings is 1. The summed E-state index contributed by atoms with van der Waals surface area (Å²) in [6.45, 7) is 6.44. The summed E-state index contributed by atoms with van der Waals surface area (Å²) in [6, 6.07) is 11.8. The van der Waals surface area contributed by atoms with Crippen molar-refractivity contribution in [3.8, 4) is 16.3 Å². The number of likely N-dealkylation sites (tertiary alicyclic amines) is 1. The third kappa shape index (κ3) is 5.41. The monoisotopic (exact) mass is 488 g/mol. The van der Waals surface area contributed by atoms with Gasteiger partial charge in [-0.3, -0.25) is 4.79 Å². The van der Waals surface area contributed by atoms with Crippen molar-refractivity contribution in [2.75, 3.05) is 24.1 Å². The van der Waals surface area contributed by atoms with E-state index in [0.29, 0.717) is 28.4 Å². The largest absolute Gasteiger partial charge is 0.474 e. The third-order valence-corrected chi connectivity index (χ3v) is 7.14. The second-order valence-electron chi connectivity index (χ2n) is 8.98. The third-order valence-electron chi connectivity index (χ3n) is 6.26. The van der Waals surface area contributed by atoms with Crippen LogP contribution in [0.3, 0.4) is 0 Å². The standard InChI is InChI=1S/C26H28N6O2S/c1-16(2)32-9-6-21(7-10-32)34-24-13-18(5-8-28-24)25(33)31-23-12-20-11-17(3-4-19(20)14-29-23)22-15-30-26(27)35-22/h3-5,8,11-16,21H,6-7,9-10H2,1-2H3,(H2,27,30)(H,29,31,33). The number of amides is 1. The van der Waals surface area contributed by atoms with Crippen LogP contribution in [0.15, 0.2) is 55.0 Å². The first kappa shape index (κ1) is 23.2. The van der Waals surface area contributed by atoms with Crippen LogP contribution in [0.5, 0.6) is 5.88 Å². The van der Waals surface area contributed by atoms with Crippen LogP contribution >= 0.6 is 11.3 Å². The van der Waals surface area contributed by atoms with Crippen LogP contribution in [0, 0.1) is 0 Å². The molecule has 180 valence electrons. The summed E-state index contributed by atoms with van der Waals surface area (Å²) in [5, 5.41) is 5.37. The Bertz CT molecular complexity index is 1350. The summed E-state index contributed by atoms with van der Waals surface area (Å²) in [6.07, 6.45) is 7.14. The molecule has 0 saturated carbocycles. The number of rotatable bonds is 6. The molecule has 3 aromatic heterocycles. The lowest BCUT2D eigenvalue weighted by Gasteiger charge is -2.34. The van der Waals surface area contributed by atoms with Gasteiger partial charge in [0.05, 0.1) is 4.88 Å². The molecular weight excluding hydrogens is 460 g/mol. The fourth-order valence-corrected chi connectivity index (χ4v) is 4.95. The van der Waals surface area contributed by atoms with E-state index < -0.39 is 0 Å². The topological polar surface area (TPSA) is 106 Å². The van der Waals surface area contributed by atoms with Crippen LogP contribution in [0.25, 0.3) is 21.2 Å². The van der Waals surface area contributed by atoms with E-state index in [4.69, 9.17) is 10.5 Å². The molecule has 3 N–H and O–H groups in total. The van der Waals surface area contributed by atoms with Crippen molar-refractivity contribution in [3.63, 3.8) is 0 Å². The van der Waals surface area contributed by atoms with E-state index in [1.807, 2.05) is 24.3 Å². The number of aromatic nitrogens is 3. The molecular formula is C26H28N6O2S. The van der Waals surface area contributed by atoms with Crippen molar-refractivity contribution in [1.82, 2.24) is 19.9 Å². The zero-order valence-corrected chi connectivity index (χ0v) is 20.6. The van der Waals surface area contributed by atoms with Gasteiger partial charge in [-0.2, -0.15) is 0 Å². The van der Waals surface area contributed by atoms with Gasteiger partial charge in [-0.1, -0.05) is 23.5 Å². The lowest BCUT2D eigenvalue weighted by atomic mass is 10.1. The summed E-state index contributed by atoms with van der Waals surface area (Å²) in [7, 11) is 0. The minimum Gasteiger partial charge on any atom is -0.474 e. The highest BCUT2D eigenvalue weighted by atomic mass is 32.1. The van der Waals surface area contributed by atoms with E-state index in [0.717, 1.165) is 47.1 Å². The quantitative estimate of drug-likeness (QED) is 0.400. The van der Waals surface area contributed by atoms with Gasteiger partial charge in [0.25, 0.3) is 5.91 Å². The fourth-order valence-electron chi connectivity index (χ4n) is 4.27. The zero-order valence-electron chi connectivity index (χ0n) is 19.8. The average molecular weight is 489 g/mol. The molecule has 1 fully saturated rings. The molecule has 1 saturated heterocycles. The number of nitrogen functional groups attached to an aromatic ring is 1. The number of nitrogens with two attached hydrogens (primary N) is 1. The van der Waals surface area contributed by atoms with Gasteiger partial charge in [0.15, 0.2) is 5.13 Å². The molecule has 8 nitrogen and oxygen atoms in total. The van der Waals surface area contributed by atoms with E-state index in [1.165, 1.54) is 11.3 Å². The predicted molar refractivity (Wildman–Crippen MR) is 140 cm³/mol. The molecule has 0 unspecified atom stereocenters. The number of fused-ring (bicyclic) bond motifs is 1. The van der Waals surface area contributed by atoms with Crippen LogP contribution in [0.4, 0.5) is 10.9 Å². The average Bonchev–Trinajstić information content (AvgIpc) is 3.30. The Labute approximate surface area is 208 Å². The molecule has 1 aromatic carbocycles. The normalized spacial score (nSPS) is 14.9. The van der Waals surface area contributed by atoms with E-state index in [1.54, 1.807) is 30.7 Å². The van der Waals surface area contributed by atoms with Gasteiger partial charge in [0.1, 0.15) is 11.9 Å². The number of nitrogens with one attached hydrogen (secondary N) is 1. The number of carbonyl (C=O) groups excluding carboxylic acids is 1. The van der Waals surface area contributed by atoms with Gasteiger partial charge in [-0.15, -0.1) is 0 Å². The van der Waals surface area contributed by atoms with Crippen LogP contribution in [-0.2, 0) is 0 Å². The van der Waals surface area contributed by atoms with E-state index in [-0.39, 0.29) is 12.0 Å². The van der Waals surface area contributed by atoms with Crippen molar-refractivity contribution < 1.29 is 9.53 Å². The first-order valence-corrected chi connectivity index (χ1v) is 12.6. The maximum atomic E-state index is 12.9. The summed E-state index contributed by atoms with van der Waals surface area (Å²) in [5.74, 6) is 0.689. The second-order valence-corrected chi connectivity index (χ2v) is 10.0. The highest BCUT2D eigenvalue weighted by Crippen LogP contribution is 2.30. The number of carbonyl (C=O) groups is 1. The van der Waals surface area contributed by atoms with Crippen LogP contribution in [-0.4, -0.2) is 51.0 Å². The minimum absolute atomic E-state index is 0.112. The minimum atomic E-state index is -0.259. The first-order chi connectivity index (χ1) is 16.9. The predicted octanol–water partition coefficient (Wildman–Crippen LogP) is 4.84. The van der Waals surface area contributed by atoms with Crippen molar-refractivity contribution in [3.05, 3.63) is 60.6 Å². The lowest BCUT2D eigenvalue weighted by Crippen LogP contribution is -2.41. The number of piperidine rings is 1. The highest BCUT2D eigenvalue weighted by molar-refractivity contribution is 7.18. The van der Waals surface area contributed by atoms with Crippen molar-refractivity contribution >= 4 is 39.0 Å². The number of pyridine rings is 2. The molecule has 4 aromatic rings. The molecule has 9 heteroatoms. The molecule has 1 aliphatic rings. The SMILES string of the molecule is CC(C)N1CCC(Oc2cc(C(=O)Nc3cc4cc(-c5cnc(N)s5)ccc4cn3)ccn2)CC1. The molecule has 35 heavy (non-hydrogen) atoms. The summed E-state index contributed by atoms with van der Waals surface area (Å²) in [5.41, 5.74) is 7.27. The highest BCUT2D eigenvalue weighted by Gasteiger charge is 2.22. The maximum Gasteiger partial charge on any atom is 0.257 e. The number of nitrogens with zero attached hydrogens (tertiary/aromatic N) is 4. The van der Waals surface area contributed by atoms with Crippen LogP contribution < -0.4 is 15.8 Å². The molecule has 4 heterocycles. The van der Waals surface area contributed by atoms with Crippen LogP contribution in [0.2, 0.25) is 0 Å². The van der Waals surface area contributed by atoms with Gasteiger partial charge in [-0.05, 0) is 55.8 Å². The molecule has 5 rings (SSSR count). The smallest absolute Gasteiger partial charge is 0.257 e. The van der Waals surface area contributed by atoms with E-state index in [2.05, 4.69) is 39.0 Å². The summed E-state index contributed by atoms with van der Waals surface area (Å²) < 4.78 is 6.09. The number of ether oxygens (including phenoxy) is 1. The number of hydrogen-bond donors (Lipinski definition) is 2. The first-order valence-electron chi connectivity index (χ1n) is 11.7. The van der Waals surface area contributed by atoms with Gasteiger partial charge < -0.3 is 20.7 Å². The summed E-state index contributed by atoms with van der Waals surface area (Å²) in [4.78, 5) is 29.2. The number of hydrogen-bond acceptors (Lipinski definition) is 8. The Morgan fingerprint density at radius 2 is 1.91 bits per heavy atom. The van der Waals surface area contributed by atoms with Crippen molar-refractivity contribution in [2.45, 2.75) is 38.8 Å². The molecule has 0 bridgehead atoms.